The molecule has 0 aromatic rings. The Morgan fingerprint density at radius 3 is 1.48 bits per heavy atom. The summed E-state index contributed by atoms with van der Waals surface area (Å²) < 4.78 is 0. The Morgan fingerprint density at radius 2 is 1.03 bits per heavy atom. The van der Waals surface area contributed by atoms with E-state index in [1.165, 1.54) is 121 Å². The highest BCUT2D eigenvalue weighted by Gasteiger charge is 2.08. The molecule has 5 nitrogen and oxygen atoms in total. The van der Waals surface area contributed by atoms with Gasteiger partial charge < -0.3 is 0 Å². The summed E-state index contributed by atoms with van der Waals surface area (Å²) in [6, 6.07) is 10.6. The standard InChI is InChI=1S/C13H25N.C13H23N.C11H17N.2C5H7N.C4H5.2C2H4.H2/c2*1-3-4-5-6-7-8-10-13(2)11-9-12-14;12-10-6-9-11-7-4-2-1-3-5-8-11;2*1-2-3-4-5-6;1-3-4-2;2*1-2;/h13H,3-11H2,1-2H3;6-7,13H,3-5,8-11H2,1-2H3;1-2,11H,3-9H2;2*2H,1,3-4H2;1,3-4H,2H2;2*1-2H2;1H/q;;;;;+1;;;/b;7-6+;2-1-;;;;;;. The molecule has 5 heteroatoms. The Bertz CT molecular complexity index is 1110. The van der Waals surface area contributed by atoms with Crippen LogP contribution in [-0.2, 0) is 0 Å². The Kier molecular flexibility index (Phi) is 91.5. The maximum absolute atomic E-state index is 8.46. The van der Waals surface area contributed by atoms with Crippen LogP contribution in [0.5, 0.6) is 0 Å². The van der Waals surface area contributed by atoms with Gasteiger partial charge >= 0.3 is 0 Å². The summed E-state index contributed by atoms with van der Waals surface area (Å²) >= 11 is 0. The molecule has 0 fully saturated rings. The first-order chi connectivity index (χ1) is 29.3. The van der Waals surface area contributed by atoms with Crippen LogP contribution < -0.4 is 0 Å². The number of allylic oxidation sites excluding steroid dienone is 8. The van der Waals surface area contributed by atoms with Crippen LogP contribution in [-0.4, -0.2) is 0 Å². The fourth-order valence-electron chi connectivity index (χ4n) is 5.25. The predicted octanol–water partition coefficient (Wildman–Crippen LogP) is 18.5. The van der Waals surface area contributed by atoms with Crippen LogP contribution in [0.1, 0.15) is 202 Å². The van der Waals surface area contributed by atoms with Crippen molar-refractivity contribution >= 4 is 0 Å². The molecule has 1 rings (SSSR count). The summed E-state index contributed by atoms with van der Waals surface area (Å²) in [7, 11) is 0. The molecule has 0 amide bonds. The van der Waals surface area contributed by atoms with Crippen molar-refractivity contribution in [2.75, 3.05) is 0 Å². The maximum atomic E-state index is 8.46. The Hall–Kier alpha value is -4.72. The summed E-state index contributed by atoms with van der Waals surface area (Å²) in [6.07, 6.45) is 46.0. The van der Waals surface area contributed by atoms with Crippen LogP contribution in [0, 0.1) is 81.0 Å². The van der Waals surface area contributed by atoms with Gasteiger partial charge in [0.05, 0.1) is 36.4 Å². The van der Waals surface area contributed by atoms with Gasteiger partial charge in [-0.3, -0.25) is 0 Å². The Labute approximate surface area is 376 Å². The lowest BCUT2D eigenvalue weighted by molar-refractivity contribution is 0.411. The highest BCUT2D eigenvalue weighted by atomic mass is 14.2. The van der Waals surface area contributed by atoms with Crippen molar-refractivity contribution in [3.8, 4) is 30.3 Å². The number of hydrogen-bond donors (Lipinski definition) is 0. The van der Waals surface area contributed by atoms with Crippen LogP contribution in [0.3, 0.4) is 0 Å². The van der Waals surface area contributed by atoms with E-state index in [1.54, 1.807) is 12.2 Å². The van der Waals surface area contributed by atoms with E-state index in [2.05, 4.69) is 116 Å². The van der Waals surface area contributed by atoms with Gasteiger partial charge in [0.15, 0.2) is 6.08 Å². The van der Waals surface area contributed by atoms with E-state index < -0.39 is 0 Å². The molecule has 0 saturated carbocycles. The normalized spacial score (nSPS) is 13.0. The van der Waals surface area contributed by atoms with Crippen LogP contribution in [0.4, 0.5) is 0 Å². The number of nitrogens with zero attached hydrogens (tertiary/aromatic N) is 5. The second kappa shape index (κ2) is 78.6. The second-order valence-corrected chi connectivity index (χ2v) is 14.3. The van der Waals surface area contributed by atoms with Gasteiger partial charge in [-0.2, -0.15) is 26.3 Å². The molecule has 0 bridgehead atoms. The zero-order chi connectivity index (χ0) is 47.0. The van der Waals surface area contributed by atoms with Gasteiger partial charge in [-0.1, -0.05) is 128 Å². The summed E-state index contributed by atoms with van der Waals surface area (Å²) in [5, 5.41) is 41.1. The van der Waals surface area contributed by atoms with Crippen molar-refractivity contribution < 1.29 is 1.43 Å². The highest BCUT2D eigenvalue weighted by molar-refractivity contribution is 4.87. The molecule has 0 spiro atoms. The Balaban J connectivity index is -0.0000000942. The predicted molar refractivity (Wildman–Crippen MR) is 268 cm³/mol. The molecule has 1 aliphatic carbocycles. The van der Waals surface area contributed by atoms with Gasteiger partial charge in [-0.15, -0.1) is 39.5 Å². The Morgan fingerprint density at radius 1 is 0.583 bits per heavy atom. The molecule has 338 valence electrons. The third kappa shape index (κ3) is 89.8. The van der Waals surface area contributed by atoms with Crippen molar-refractivity contribution in [2.45, 2.75) is 201 Å². The van der Waals surface area contributed by atoms with Gasteiger partial charge in [-0.05, 0) is 101 Å². The van der Waals surface area contributed by atoms with E-state index in [-0.39, 0.29) is 1.43 Å². The molecular formula is C55H94N5+. The van der Waals surface area contributed by atoms with E-state index in [0.29, 0.717) is 25.2 Å². The molecule has 1 aliphatic rings. The molecule has 60 heavy (non-hydrogen) atoms. The van der Waals surface area contributed by atoms with Crippen molar-refractivity contribution in [2.24, 2.45) is 17.8 Å². The molecule has 0 aromatic heterocycles. The lowest BCUT2D eigenvalue weighted by Crippen LogP contribution is -2.01. The summed E-state index contributed by atoms with van der Waals surface area (Å²) in [4.78, 5) is 0. The van der Waals surface area contributed by atoms with E-state index >= 15 is 0 Å². The van der Waals surface area contributed by atoms with Gasteiger partial charge in [-0.25, -0.2) is 0 Å². The molecule has 0 saturated heterocycles. The van der Waals surface area contributed by atoms with Gasteiger partial charge in [0, 0.05) is 40.1 Å². The lowest BCUT2D eigenvalue weighted by atomic mass is 9.90. The minimum atomic E-state index is 0. The van der Waals surface area contributed by atoms with Crippen LogP contribution in [0.25, 0.3) is 0 Å². The van der Waals surface area contributed by atoms with Crippen molar-refractivity contribution in [3.63, 3.8) is 0 Å². The van der Waals surface area contributed by atoms with E-state index in [1.807, 2.05) is 12.1 Å². The van der Waals surface area contributed by atoms with Crippen LogP contribution in [0.15, 0.2) is 94.7 Å². The average Bonchev–Trinajstić information content (AvgIpc) is 3.27. The number of unbranched alkanes of at least 4 members (excludes halogenated alkanes) is 9. The molecular weight excluding hydrogens is 731 g/mol. The van der Waals surface area contributed by atoms with Gasteiger partial charge in [0.1, 0.15) is 0 Å². The summed E-state index contributed by atoms with van der Waals surface area (Å²) in [5.41, 5.74) is 0. The zero-order valence-corrected chi connectivity index (χ0v) is 39.7. The first-order valence-corrected chi connectivity index (χ1v) is 22.8. The fraction of sp³-hybridized carbons (Fsp3) is 0.618. The third-order valence-electron chi connectivity index (χ3n) is 8.88. The molecule has 0 aromatic carbocycles. The highest BCUT2D eigenvalue weighted by Crippen LogP contribution is 2.22. The van der Waals surface area contributed by atoms with Crippen molar-refractivity contribution in [1.82, 2.24) is 0 Å². The molecule has 3 atom stereocenters. The van der Waals surface area contributed by atoms with Crippen LogP contribution >= 0.6 is 0 Å². The number of rotatable bonds is 24. The first kappa shape index (κ1) is 69.9. The second-order valence-electron chi connectivity index (χ2n) is 14.3. The van der Waals surface area contributed by atoms with Gasteiger partial charge in [0.2, 0.25) is 0 Å². The van der Waals surface area contributed by atoms with E-state index in [0.717, 1.165) is 56.8 Å². The average molecular weight is 825 g/mol. The number of nitriles is 5. The smallest absolute Gasteiger partial charge is 0.151 e. The van der Waals surface area contributed by atoms with Gasteiger partial charge in [0.25, 0.3) is 0 Å². The molecule has 0 heterocycles. The SMILES string of the molecule is C=C.C=C.C=CCCC#N.C=CCCC#N.CCCC/C=C/CCC(C)CCC#N.CCCCCCCCC(C)CCC#N.N#CCCC1CC/C=C\CCC1.[CH+]=CC=C.[HH]. The lowest BCUT2D eigenvalue weighted by Gasteiger charge is -2.15. The molecule has 3 unspecified atom stereocenters. The van der Waals surface area contributed by atoms with E-state index in [9.17, 15) is 0 Å². The zero-order valence-electron chi connectivity index (χ0n) is 39.7. The first-order valence-electron chi connectivity index (χ1n) is 22.8. The number of hydrogen-bond acceptors (Lipinski definition) is 5. The quantitative estimate of drug-likeness (QED) is 0.0415. The summed E-state index contributed by atoms with van der Waals surface area (Å²) in [6.45, 7) is 36.0. The minimum absolute atomic E-state index is 0. The largest absolute Gasteiger partial charge is 0.198 e. The molecule has 0 aliphatic heterocycles. The molecule has 0 radical (unpaired) electrons. The van der Waals surface area contributed by atoms with E-state index in [4.69, 9.17) is 32.9 Å². The van der Waals surface area contributed by atoms with Crippen LogP contribution in [0.2, 0.25) is 0 Å². The topological polar surface area (TPSA) is 119 Å². The van der Waals surface area contributed by atoms with Crippen molar-refractivity contribution in [3.05, 3.63) is 101 Å². The molecule has 0 N–H and O–H groups in total. The maximum Gasteiger partial charge on any atom is 0.151 e. The third-order valence-corrected chi connectivity index (χ3v) is 8.88. The fourth-order valence-corrected chi connectivity index (χ4v) is 5.25. The van der Waals surface area contributed by atoms with Crippen molar-refractivity contribution in [1.29, 1.82) is 26.3 Å². The summed E-state index contributed by atoms with van der Waals surface area (Å²) in [5.74, 6) is 2.26. The monoisotopic (exact) mass is 825 g/mol. The minimum Gasteiger partial charge on any atom is -0.198 e.